The van der Waals surface area contributed by atoms with Crippen molar-refractivity contribution in [3.63, 3.8) is 0 Å². The van der Waals surface area contributed by atoms with Gasteiger partial charge in [-0.2, -0.15) is 0 Å². The van der Waals surface area contributed by atoms with Crippen LogP contribution < -0.4 is 14.8 Å². The Bertz CT molecular complexity index is 1780. The average molecular weight is 569 g/mol. The lowest BCUT2D eigenvalue weighted by molar-refractivity contribution is 0.0951. The molecule has 2 N–H and O–H groups in total. The number of aryl methyl sites for hydroxylation is 2. The number of aromatic nitrogens is 2. The quantitative estimate of drug-likeness (QED) is 0.220. The van der Waals surface area contributed by atoms with E-state index in [1.165, 1.54) is 0 Å². The number of carbonyl (C=O) groups excluding carboxylic acids is 1. The van der Waals surface area contributed by atoms with Crippen LogP contribution in [0.1, 0.15) is 27.4 Å². The fourth-order valence-electron chi connectivity index (χ4n) is 4.18. The summed E-state index contributed by atoms with van der Waals surface area (Å²) in [6.45, 7) is 4.15. The van der Waals surface area contributed by atoms with E-state index in [-0.39, 0.29) is 5.91 Å². The summed E-state index contributed by atoms with van der Waals surface area (Å²) in [7, 11) is -3.34. The molecule has 0 atom stereocenters. The standard InChI is InChI=1S/C31H28N4O5S/c1-20-4-7-25(31-34-33-21(2)39-31)18-29(20)23-8-10-24(11-9-23)30(36)32-19-22-5-14-27(15-6-22)40-28-16-12-26(13-17-28)35-41(3,37)38/h4-18,35H,19H2,1-3H3,(H,32,36). The second-order valence-corrected chi connectivity index (χ2v) is 11.3. The lowest BCUT2D eigenvalue weighted by Crippen LogP contribution is -2.22. The number of carbonyl (C=O) groups is 1. The molecule has 1 aromatic heterocycles. The summed E-state index contributed by atoms with van der Waals surface area (Å²) < 4.78 is 36.5. The average Bonchev–Trinajstić information content (AvgIpc) is 3.39. The number of ether oxygens (including phenoxy) is 1. The Balaban J connectivity index is 1.17. The van der Waals surface area contributed by atoms with Crippen LogP contribution in [-0.2, 0) is 16.6 Å². The zero-order valence-electron chi connectivity index (χ0n) is 22.7. The molecule has 0 aliphatic heterocycles. The maximum atomic E-state index is 12.8. The lowest BCUT2D eigenvalue weighted by Gasteiger charge is -2.10. The summed E-state index contributed by atoms with van der Waals surface area (Å²) in [6, 6.07) is 27.4. The molecule has 1 amide bonds. The molecule has 0 fully saturated rings. The predicted molar refractivity (Wildman–Crippen MR) is 157 cm³/mol. The van der Waals surface area contributed by atoms with E-state index in [0.29, 0.717) is 41.1 Å². The zero-order chi connectivity index (χ0) is 29.0. The third-order valence-corrected chi connectivity index (χ3v) is 6.84. The first-order valence-corrected chi connectivity index (χ1v) is 14.7. The largest absolute Gasteiger partial charge is 0.457 e. The maximum absolute atomic E-state index is 12.8. The number of rotatable bonds is 9. The number of amides is 1. The van der Waals surface area contributed by atoms with Crippen LogP contribution in [0, 0.1) is 13.8 Å². The second kappa shape index (κ2) is 11.6. The minimum Gasteiger partial charge on any atom is -0.457 e. The van der Waals surface area contributed by atoms with E-state index >= 15 is 0 Å². The molecule has 9 nitrogen and oxygen atoms in total. The molecule has 208 valence electrons. The Morgan fingerprint density at radius 1 is 0.829 bits per heavy atom. The molecular weight excluding hydrogens is 540 g/mol. The second-order valence-electron chi connectivity index (χ2n) is 9.56. The molecule has 4 aromatic carbocycles. The molecule has 10 heteroatoms. The summed E-state index contributed by atoms with van der Waals surface area (Å²) in [5, 5.41) is 11.0. The van der Waals surface area contributed by atoms with Crippen molar-refractivity contribution in [3.8, 4) is 34.1 Å². The van der Waals surface area contributed by atoms with E-state index in [2.05, 4.69) is 20.2 Å². The highest BCUT2D eigenvalue weighted by molar-refractivity contribution is 7.92. The van der Waals surface area contributed by atoms with E-state index in [1.807, 2.05) is 61.5 Å². The van der Waals surface area contributed by atoms with Crippen LogP contribution in [0.4, 0.5) is 5.69 Å². The van der Waals surface area contributed by atoms with Gasteiger partial charge in [-0.25, -0.2) is 8.42 Å². The summed E-state index contributed by atoms with van der Waals surface area (Å²) in [4.78, 5) is 12.8. The lowest BCUT2D eigenvalue weighted by atomic mass is 9.97. The zero-order valence-corrected chi connectivity index (χ0v) is 23.5. The number of nitrogens with zero attached hydrogens (tertiary/aromatic N) is 2. The summed E-state index contributed by atoms with van der Waals surface area (Å²) in [5.41, 5.74) is 5.87. The Morgan fingerprint density at radius 2 is 1.46 bits per heavy atom. The van der Waals surface area contributed by atoms with Gasteiger partial charge in [-0.05, 0) is 89.8 Å². The van der Waals surface area contributed by atoms with Crippen molar-refractivity contribution in [3.05, 3.63) is 114 Å². The van der Waals surface area contributed by atoms with Crippen molar-refractivity contribution in [2.24, 2.45) is 0 Å². The Hall–Kier alpha value is -4.96. The number of hydrogen-bond acceptors (Lipinski definition) is 7. The number of nitrogens with one attached hydrogen (secondary N) is 2. The predicted octanol–water partition coefficient (Wildman–Crippen LogP) is 6.11. The van der Waals surface area contributed by atoms with Crippen LogP contribution in [0.15, 0.2) is 95.4 Å². The van der Waals surface area contributed by atoms with Gasteiger partial charge < -0.3 is 14.5 Å². The van der Waals surface area contributed by atoms with Gasteiger partial charge >= 0.3 is 0 Å². The number of benzene rings is 4. The van der Waals surface area contributed by atoms with E-state index in [4.69, 9.17) is 9.15 Å². The molecule has 0 spiro atoms. The van der Waals surface area contributed by atoms with E-state index in [9.17, 15) is 13.2 Å². The van der Waals surface area contributed by atoms with Crippen molar-refractivity contribution < 1.29 is 22.4 Å². The normalized spacial score (nSPS) is 11.2. The van der Waals surface area contributed by atoms with Gasteiger partial charge in [0.1, 0.15) is 11.5 Å². The van der Waals surface area contributed by atoms with Crippen LogP contribution in [0.2, 0.25) is 0 Å². The molecular formula is C31H28N4O5S. The summed E-state index contributed by atoms with van der Waals surface area (Å²) in [5.74, 6) is 1.99. The number of anilines is 1. The van der Waals surface area contributed by atoms with Gasteiger partial charge in [0.25, 0.3) is 5.91 Å². The van der Waals surface area contributed by atoms with Crippen molar-refractivity contribution >= 4 is 21.6 Å². The van der Waals surface area contributed by atoms with Crippen LogP contribution >= 0.6 is 0 Å². The molecule has 5 aromatic rings. The smallest absolute Gasteiger partial charge is 0.251 e. The van der Waals surface area contributed by atoms with E-state index in [1.54, 1.807) is 43.3 Å². The highest BCUT2D eigenvalue weighted by atomic mass is 32.2. The van der Waals surface area contributed by atoms with Gasteiger partial charge in [-0.15, -0.1) is 10.2 Å². The van der Waals surface area contributed by atoms with Gasteiger partial charge in [-0.3, -0.25) is 9.52 Å². The molecule has 0 unspecified atom stereocenters. The SMILES string of the molecule is Cc1nnc(-c2ccc(C)c(-c3ccc(C(=O)NCc4ccc(Oc5ccc(NS(C)(=O)=O)cc5)cc4)cc3)c2)o1. The maximum Gasteiger partial charge on any atom is 0.251 e. The van der Waals surface area contributed by atoms with Crippen molar-refractivity contribution in [1.29, 1.82) is 0 Å². The molecule has 5 rings (SSSR count). The number of hydrogen-bond donors (Lipinski definition) is 2. The fourth-order valence-corrected chi connectivity index (χ4v) is 4.75. The molecule has 0 bridgehead atoms. The first-order valence-electron chi connectivity index (χ1n) is 12.8. The molecule has 0 saturated heterocycles. The van der Waals surface area contributed by atoms with Crippen molar-refractivity contribution in [2.45, 2.75) is 20.4 Å². The molecule has 41 heavy (non-hydrogen) atoms. The van der Waals surface area contributed by atoms with Crippen LogP contribution in [0.3, 0.4) is 0 Å². The van der Waals surface area contributed by atoms with Gasteiger partial charge in [0.2, 0.25) is 21.8 Å². The van der Waals surface area contributed by atoms with Gasteiger partial charge in [0, 0.05) is 30.3 Å². The molecule has 0 radical (unpaired) electrons. The fraction of sp³-hybridized carbons (Fsp3) is 0.129. The molecule has 0 saturated carbocycles. The van der Waals surface area contributed by atoms with E-state index in [0.717, 1.165) is 34.1 Å². The first kappa shape index (κ1) is 27.6. The highest BCUT2D eigenvalue weighted by Crippen LogP contribution is 2.29. The molecule has 0 aliphatic rings. The van der Waals surface area contributed by atoms with Gasteiger partial charge in [0.15, 0.2) is 0 Å². The molecule has 1 heterocycles. The van der Waals surface area contributed by atoms with Crippen molar-refractivity contribution in [1.82, 2.24) is 15.5 Å². The minimum atomic E-state index is -3.34. The third-order valence-electron chi connectivity index (χ3n) is 6.24. The Kier molecular flexibility index (Phi) is 7.84. The van der Waals surface area contributed by atoms with Gasteiger partial charge in [0.05, 0.1) is 6.26 Å². The minimum absolute atomic E-state index is 0.175. The summed E-state index contributed by atoms with van der Waals surface area (Å²) >= 11 is 0. The van der Waals surface area contributed by atoms with E-state index < -0.39 is 10.0 Å². The molecule has 0 aliphatic carbocycles. The topological polar surface area (TPSA) is 123 Å². The first-order chi connectivity index (χ1) is 19.6. The third kappa shape index (κ3) is 7.17. The monoisotopic (exact) mass is 568 g/mol. The summed E-state index contributed by atoms with van der Waals surface area (Å²) in [6.07, 6.45) is 1.10. The highest BCUT2D eigenvalue weighted by Gasteiger charge is 2.11. The Morgan fingerprint density at radius 3 is 2.07 bits per heavy atom. The Labute approximate surface area is 238 Å². The van der Waals surface area contributed by atoms with Crippen LogP contribution in [0.5, 0.6) is 11.5 Å². The van der Waals surface area contributed by atoms with Gasteiger partial charge in [-0.1, -0.05) is 30.3 Å². The van der Waals surface area contributed by atoms with Crippen molar-refractivity contribution in [2.75, 3.05) is 11.0 Å². The van der Waals surface area contributed by atoms with Crippen LogP contribution in [0.25, 0.3) is 22.6 Å². The number of sulfonamides is 1. The van der Waals surface area contributed by atoms with Crippen LogP contribution in [-0.4, -0.2) is 30.8 Å².